The predicted molar refractivity (Wildman–Crippen MR) is 72.8 cm³/mol. The summed E-state index contributed by atoms with van der Waals surface area (Å²) in [5.41, 5.74) is 1.69. The molecule has 0 saturated carbocycles. The van der Waals surface area contributed by atoms with Crippen LogP contribution in [0, 0.1) is 11.8 Å². The van der Waals surface area contributed by atoms with Crippen molar-refractivity contribution >= 4 is 5.97 Å². The second-order valence-corrected chi connectivity index (χ2v) is 5.84. The van der Waals surface area contributed by atoms with E-state index < -0.39 is 12.2 Å². The molecule has 5 heteroatoms. The molecule has 2 N–H and O–H groups in total. The molecule has 1 fully saturated rings. The first kappa shape index (κ1) is 15.2. The van der Waals surface area contributed by atoms with Gasteiger partial charge in [-0.1, -0.05) is 19.1 Å². The number of esters is 1. The van der Waals surface area contributed by atoms with Crippen LogP contribution in [0.2, 0.25) is 0 Å². The van der Waals surface area contributed by atoms with Crippen molar-refractivity contribution in [1.29, 1.82) is 0 Å². The van der Waals surface area contributed by atoms with Gasteiger partial charge in [0, 0.05) is 5.92 Å². The van der Waals surface area contributed by atoms with Crippen molar-refractivity contribution in [2.24, 2.45) is 11.8 Å². The van der Waals surface area contributed by atoms with Gasteiger partial charge in [-0.25, -0.2) is 4.89 Å². The average Bonchev–Trinajstić information content (AvgIpc) is 2.64. The fourth-order valence-corrected chi connectivity index (χ4v) is 3.05. The Morgan fingerprint density at radius 3 is 2.85 bits per heavy atom. The highest BCUT2D eigenvalue weighted by Crippen LogP contribution is 2.36. The molecule has 0 spiro atoms. The molecule has 1 heterocycles. The van der Waals surface area contributed by atoms with E-state index in [9.17, 15) is 9.90 Å². The summed E-state index contributed by atoms with van der Waals surface area (Å²) in [6.45, 7) is 7.60. The lowest BCUT2D eigenvalue weighted by Crippen LogP contribution is -2.33. The summed E-state index contributed by atoms with van der Waals surface area (Å²) >= 11 is 0. The van der Waals surface area contributed by atoms with Crippen molar-refractivity contribution in [2.75, 3.05) is 0 Å². The lowest BCUT2D eigenvalue weighted by Gasteiger charge is -2.27. The number of hydrogen-bond acceptors (Lipinski definition) is 5. The van der Waals surface area contributed by atoms with Crippen molar-refractivity contribution in [2.45, 2.75) is 51.4 Å². The highest BCUT2D eigenvalue weighted by atomic mass is 17.1. The largest absolute Gasteiger partial charge is 0.457 e. The number of carbonyl (C=O) groups is 1. The van der Waals surface area contributed by atoms with Gasteiger partial charge < -0.3 is 9.84 Å². The molecule has 2 aliphatic rings. The molecule has 5 nitrogen and oxygen atoms in total. The first-order chi connectivity index (χ1) is 9.43. The van der Waals surface area contributed by atoms with Gasteiger partial charge in [0.25, 0.3) is 0 Å². The average molecular weight is 282 g/mol. The van der Waals surface area contributed by atoms with Crippen molar-refractivity contribution in [3.05, 3.63) is 23.8 Å². The van der Waals surface area contributed by atoms with E-state index in [4.69, 9.17) is 9.99 Å². The molecule has 0 aromatic rings. The van der Waals surface area contributed by atoms with Crippen LogP contribution in [0.4, 0.5) is 0 Å². The van der Waals surface area contributed by atoms with E-state index in [-0.39, 0.29) is 23.9 Å². The predicted octanol–water partition coefficient (Wildman–Crippen LogP) is 2.07. The maximum absolute atomic E-state index is 11.7. The molecule has 1 aliphatic heterocycles. The van der Waals surface area contributed by atoms with Crippen molar-refractivity contribution in [3.8, 4) is 0 Å². The van der Waals surface area contributed by atoms with E-state index in [1.54, 1.807) is 6.92 Å². The standard InChI is InChI=1S/C15H22O5/c1-8-4-5-12(20-18)9(2)7-11(16)14-10(3)15(17)19-13(14)6-8/h6,10-14,16,18H,2,4-5,7H2,1,3H3/b8-6+/t10-,11-,12+,13+,14+/m0/s1. The molecule has 0 radical (unpaired) electrons. The molecule has 0 amide bonds. The Balaban J connectivity index is 2.29. The first-order valence-electron chi connectivity index (χ1n) is 6.97. The quantitative estimate of drug-likeness (QED) is 0.333. The molecule has 0 unspecified atom stereocenters. The van der Waals surface area contributed by atoms with E-state index in [0.29, 0.717) is 18.4 Å². The number of rotatable bonds is 1. The fraction of sp³-hybridized carbons (Fsp3) is 0.667. The van der Waals surface area contributed by atoms with Gasteiger partial charge in [0.15, 0.2) is 0 Å². The van der Waals surface area contributed by atoms with Gasteiger partial charge in [-0.2, -0.15) is 0 Å². The smallest absolute Gasteiger partial charge is 0.309 e. The third-order valence-corrected chi connectivity index (χ3v) is 4.33. The van der Waals surface area contributed by atoms with Crippen LogP contribution < -0.4 is 0 Å². The Kier molecular flexibility index (Phi) is 4.62. The summed E-state index contributed by atoms with van der Waals surface area (Å²) in [5.74, 6) is -0.908. The van der Waals surface area contributed by atoms with E-state index in [0.717, 1.165) is 12.0 Å². The third-order valence-electron chi connectivity index (χ3n) is 4.33. The molecular weight excluding hydrogens is 260 g/mol. The van der Waals surface area contributed by atoms with Crippen LogP contribution in [0.5, 0.6) is 0 Å². The maximum atomic E-state index is 11.7. The summed E-state index contributed by atoms with van der Waals surface area (Å²) in [6, 6.07) is 0. The zero-order chi connectivity index (χ0) is 14.9. The summed E-state index contributed by atoms with van der Waals surface area (Å²) < 4.78 is 5.35. The Bertz CT molecular complexity index is 428. The highest BCUT2D eigenvalue weighted by Gasteiger charge is 2.45. The molecule has 5 atom stereocenters. The van der Waals surface area contributed by atoms with Gasteiger partial charge in [-0.05, 0) is 37.8 Å². The molecule has 1 aliphatic carbocycles. The zero-order valence-corrected chi connectivity index (χ0v) is 11.9. The summed E-state index contributed by atoms with van der Waals surface area (Å²) in [4.78, 5) is 16.2. The number of aliphatic hydroxyl groups is 1. The molecular formula is C15H22O5. The minimum absolute atomic E-state index is 0.275. The van der Waals surface area contributed by atoms with Gasteiger partial charge in [0.2, 0.25) is 0 Å². The van der Waals surface area contributed by atoms with Crippen LogP contribution in [0.15, 0.2) is 23.8 Å². The van der Waals surface area contributed by atoms with Crippen molar-refractivity contribution < 1.29 is 24.8 Å². The highest BCUT2D eigenvalue weighted by molar-refractivity contribution is 5.75. The summed E-state index contributed by atoms with van der Waals surface area (Å²) in [6.07, 6.45) is 1.89. The van der Waals surface area contributed by atoms with Gasteiger partial charge in [0.1, 0.15) is 12.2 Å². The summed E-state index contributed by atoms with van der Waals surface area (Å²) in [5, 5.41) is 19.4. The SMILES string of the molecule is C=C1C[C@H](O)[C@H]2[C@H](C)C(=O)O[C@@H]2/C=C(\C)CC[C@H]1OO. The number of ether oxygens (including phenoxy) is 1. The normalized spacial score (nSPS) is 41.6. The monoisotopic (exact) mass is 282 g/mol. The minimum Gasteiger partial charge on any atom is -0.457 e. The second kappa shape index (κ2) is 6.08. The second-order valence-electron chi connectivity index (χ2n) is 5.84. The third kappa shape index (κ3) is 2.95. The van der Waals surface area contributed by atoms with E-state index >= 15 is 0 Å². The number of hydrogen-bond donors (Lipinski definition) is 2. The number of fused-ring (bicyclic) bond motifs is 1. The fourth-order valence-electron chi connectivity index (χ4n) is 3.05. The zero-order valence-electron chi connectivity index (χ0n) is 11.9. The Morgan fingerprint density at radius 1 is 1.50 bits per heavy atom. The van der Waals surface area contributed by atoms with Crippen LogP contribution in [0.1, 0.15) is 33.1 Å². The van der Waals surface area contributed by atoms with Gasteiger partial charge in [-0.3, -0.25) is 10.1 Å². The maximum Gasteiger partial charge on any atom is 0.309 e. The van der Waals surface area contributed by atoms with Gasteiger partial charge >= 0.3 is 5.97 Å². The lowest BCUT2D eigenvalue weighted by molar-refractivity contribution is -0.270. The topological polar surface area (TPSA) is 76.0 Å². The number of allylic oxidation sites excluding steroid dienone is 1. The first-order valence-corrected chi connectivity index (χ1v) is 6.97. The van der Waals surface area contributed by atoms with Crippen molar-refractivity contribution in [3.63, 3.8) is 0 Å². The van der Waals surface area contributed by atoms with Crippen LogP contribution >= 0.6 is 0 Å². The molecule has 0 aromatic carbocycles. The van der Waals surface area contributed by atoms with Gasteiger partial charge in [-0.15, -0.1) is 0 Å². The Hall–Kier alpha value is -1.17. The van der Waals surface area contributed by atoms with Gasteiger partial charge in [0.05, 0.1) is 12.0 Å². The van der Waals surface area contributed by atoms with E-state index in [1.165, 1.54) is 0 Å². The molecule has 2 rings (SSSR count). The van der Waals surface area contributed by atoms with Crippen LogP contribution in [-0.4, -0.2) is 34.6 Å². The lowest BCUT2D eigenvalue weighted by atomic mass is 9.81. The molecule has 1 saturated heterocycles. The van der Waals surface area contributed by atoms with Crippen LogP contribution in [0.3, 0.4) is 0 Å². The number of carbonyl (C=O) groups excluding carboxylic acids is 1. The molecule has 0 bridgehead atoms. The van der Waals surface area contributed by atoms with Crippen molar-refractivity contribution in [1.82, 2.24) is 0 Å². The molecule has 0 aromatic heterocycles. The Labute approximate surface area is 118 Å². The molecule has 112 valence electrons. The molecule has 20 heavy (non-hydrogen) atoms. The Morgan fingerprint density at radius 2 is 2.20 bits per heavy atom. The van der Waals surface area contributed by atoms with E-state index in [2.05, 4.69) is 11.5 Å². The van der Waals surface area contributed by atoms with Crippen LogP contribution in [-0.2, 0) is 14.4 Å². The number of aliphatic hydroxyl groups excluding tert-OH is 1. The van der Waals surface area contributed by atoms with Crippen LogP contribution in [0.25, 0.3) is 0 Å². The van der Waals surface area contributed by atoms with E-state index in [1.807, 2.05) is 13.0 Å². The summed E-state index contributed by atoms with van der Waals surface area (Å²) in [7, 11) is 0. The minimum atomic E-state index is -0.742.